The van der Waals surface area contributed by atoms with Crippen molar-refractivity contribution in [3.8, 4) is 0 Å². The van der Waals surface area contributed by atoms with Crippen LogP contribution in [0.25, 0.3) is 0 Å². The van der Waals surface area contributed by atoms with E-state index in [1.165, 1.54) is 13.0 Å². The molecule has 0 aliphatic carbocycles. The van der Waals surface area contributed by atoms with Crippen LogP contribution in [0.3, 0.4) is 0 Å². The van der Waals surface area contributed by atoms with Crippen LogP contribution < -0.4 is 8.43 Å². The summed E-state index contributed by atoms with van der Waals surface area (Å²) in [7, 11) is 0. The molecular weight excluding hydrogens is 395 g/mol. The van der Waals surface area contributed by atoms with Crippen molar-refractivity contribution in [1.82, 2.24) is 3.53 Å². The summed E-state index contributed by atoms with van der Waals surface area (Å²) >= 11 is 1.57. The van der Waals surface area contributed by atoms with Crippen LogP contribution in [0.5, 0.6) is 0 Å². The summed E-state index contributed by atoms with van der Waals surface area (Å²) in [4.78, 5) is 12.8. The van der Waals surface area contributed by atoms with E-state index in [4.69, 9.17) is 0 Å². The number of fused-ring (bicyclic) bond motifs is 1. The van der Waals surface area contributed by atoms with Gasteiger partial charge in [0, 0.05) is 5.56 Å². The first-order valence-electron chi connectivity index (χ1n) is 5.41. The van der Waals surface area contributed by atoms with Crippen LogP contribution in [0.4, 0.5) is 28.0 Å². The fourth-order valence-corrected chi connectivity index (χ4v) is 2.51. The molecule has 0 saturated heterocycles. The molecule has 1 aliphatic heterocycles. The topological polar surface area (TPSA) is 41.6 Å². The monoisotopic (exact) mass is 404 g/mol. The van der Waals surface area contributed by atoms with Crippen LogP contribution in [0.15, 0.2) is 18.2 Å². The second kappa shape index (κ2) is 5.02. The van der Waals surface area contributed by atoms with E-state index in [-0.39, 0.29) is 17.8 Å². The average molecular weight is 404 g/mol. The van der Waals surface area contributed by atoms with Gasteiger partial charge in [-0.25, -0.2) is 9.18 Å². The summed E-state index contributed by atoms with van der Waals surface area (Å²) < 4.78 is 57.2. The van der Waals surface area contributed by atoms with Crippen molar-refractivity contribution >= 4 is 34.6 Å². The smallest absolute Gasteiger partial charge is 0.290 e. The van der Waals surface area contributed by atoms with Crippen molar-refractivity contribution in [3.05, 3.63) is 29.6 Å². The van der Waals surface area contributed by atoms with Gasteiger partial charge in [-0.2, -0.15) is 0 Å². The summed E-state index contributed by atoms with van der Waals surface area (Å²) in [6.07, 6.45) is -4.89. The molecule has 1 aromatic rings. The third-order valence-corrected chi connectivity index (χ3v) is 3.41. The minimum absolute atomic E-state index is 0.0187. The van der Waals surface area contributed by atoms with Gasteiger partial charge in [-0.15, -0.1) is 13.2 Å². The highest BCUT2D eigenvalue weighted by Crippen LogP contribution is 2.44. The second-order valence-corrected chi connectivity index (χ2v) is 4.97. The van der Waals surface area contributed by atoms with Gasteiger partial charge < -0.3 is 0 Å². The molecule has 0 aromatic heterocycles. The van der Waals surface area contributed by atoms with Crippen LogP contribution in [-0.2, 0) is 10.3 Å². The standard InChI is InChI=1S/C11H9F4IN2O2/c1-10(20-11(13,14)15)5-18(9(19)17-16)8-3-2-6(12)4-7(8)10/h2-4H,5H2,1H3,(H,17,19)/t10-/m1/s1. The Hall–Kier alpha value is -1.10. The summed E-state index contributed by atoms with van der Waals surface area (Å²) in [6.45, 7) is 0.805. The molecule has 2 amide bonds. The molecule has 0 spiro atoms. The number of hydrogen-bond acceptors (Lipinski definition) is 2. The molecule has 1 atom stereocenters. The van der Waals surface area contributed by atoms with Crippen LogP contribution >= 0.6 is 22.9 Å². The second-order valence-electron chi connectivity index (χ2n) is 4.43. The van der Waals surface area contributed by atoms with E-state index in [0.29, 0.717) is 0 Å². The number of carbonyl (C=O) groups is 1. The average Bonchev–Trinajstić information content (AvgIpc) is 2.59. The van der Waals surface area contributed by atoms with E-state index in [1.807, 2.05) is 0 Å². The lowest BCUT2D eigenvalue weighted by atomic mass is 9.98. The molecule has 1 aliphatic rings. The molecular formula is C11H9F4IN2O2. The number of nitrogens with zero attached hydrogens (tertiary/aromatic N) is 1. The normalized spacial score (nSPS) is 21.8. The Morgan fingerprint density at radius 3 is 2.70 bits per heavy atom. The molecule has 0 fully saturated rings. The maximum atomic E-state index is 13.3. The van der Waals surface area contributed by atoms with E-state index in [9.17, 15) is 22.4 Å². The molecule has 2 rings (SSSR count). The number of urea groups is 1. The highest BCUT2D eigenvalue weighted by molar-refractivity contribution is 14.1. The number of anilines is 1. The van der Waals surface area contributed by atoms with Crippen LogP contribution in [0.2, 0.25) is 0 Å². The number of ether oxygens (including phenoxy) is 1. The van der Waals surface area contributed by atoms with Gasteiger partial charge in [0.1, 0.15) is 11.4 Å². The number of hydrogen-bond donors (Lipinski definition) is 1. The Morgan fingerprint density at radius 2 is 2.15 bits per heavy atom. The van der Waals surface area contributed by atoms with Gasteiger partial charge in [0.15, 0.2) is 0 Å². The van der Waals surface area contributed by atoms with Gasteiger partial charge in [-0.1, -0.05) is 0 Å². The molecule has 4 nitrogen and oxygen atoms in total. The zero-order valence-electron chi connectivity index (χ0n) is 10.1. The van der Waals surface area contributed by atoms with Crippen molar-refractivity contribution < 1.29 is 27.1 Å². The van der Waals surface area contributed by atoms with Crippen molar-refractivity contribution in [2.75, 3.05) is 11.4 Å². The van der Waals surface area contributed by atoms with Gasteiger partial charge in [0.2, 0.25) is 0 Å². The molecule has 1 aromatic carbocycles. The highest BCUT2D eigenvalue weighted by atomic mass is 127. The van der Waals surface area contributed by atoms with Gasteiger partial charge in [-0.3, -0.25) is 13.2 Å². The largest absolute Gasteiger partial charge is 0.523 e. The first-order valence-corrected chi connectivity index (χ1v) is 6.49. The Kier molecular flexibility index (Phi) is 3.84. The third kappa shape index (κ3) is 2.82. The van der Waals surface area contributed by atoms with Gasteiger partial charge in [-0.05, 0) is 25.1 Å². The van der Waals surface area contributed by atoms with E-state index >= 15 is 0 Å². The fourth-order valence-electron chi connectivity index (χ4n) is 2.21. The highest BCUT2D eigenvalue weighted by Gasteiger charge is 2.49. The molecule has 0 unspecified atom stereocenters. The first-order chi connectivity index (χ1) is 9.16. The minimum atomic E-state index is -4.89. The Balaban J connectivity index is 2.49. The molecule has 110 valence electrons. The van der Waals surface area contributed by atoms with Crippen molar-refractivity contribution in [2.24, 2.45) is 0 Å². The van der Waals surface area contributed by atoms with Gasteiger partial charge >= 0.3 is 12.4 Å². The number of benzene rings is 1. The minimum Gasteiger partial charge on any atom is -0.290 e. The number of carbonyl (C=O) groups excluding carboxylic acids is 1. The van der Waals surface area contributed by atoms with Crippen molar-refractivity contribution in [3.63, 3.8) is 0 Å². The predicted molar refractivity (Wildman–Crippen MR) is 70.8 cm³/mol. The van der Waals surface area contributed by atoms with Crippen LogP contribution in [0.1, 0.15) is 12.5 Å². The Labute approximate surface area is 125 Å². The lowest BCUT2D eigenvalue weighted by Crippen LogP contribution is -2.42. The maximum Gasteiger partial charge on any atom is 0.523 e. The summed E-state index contributed by atoms with van der Waals surface area (Å²) in [5.41, 5.74) is -1.68. The molecule has 0 radical (unpaired) electrons. The van der Waals surface area contributed by atoms with E-state index < -0.39 is 23.8 Å². The molecule has 1 heterocycles. The summed E-state index contributed by atoms with van der Waals surface area (Å²) in [5.74, 6) is -0.697. The van der Waals surface area contributed by atoms with E-state index in [0.717, 1.165) is 17.0 Å². The maximum absolute atomic E-state index is 13.3. The zero-order chi connectivity index (χ0) is 15.1. The number of halogens is 5. The molecule has 1 N–H and O–H groups in total. The molecule has 0 saturated carbocycles. The quantitative estimate of drug-likeness (QED) is 0.443. The van der Waals surface area contributed by atoms with Gasteiger partial charge in [0.25, 0.3) is 0 Å². The van der Waals surface area contributed by atoms with Crippen LogP contribution in [0, 0.1) is 5.82 Å². The predicted octanol–water partition coefficient (Wildman–Crippen LogP) is 3.46. The van der Waals surface area contributed by atoms with Gasteiger partial charge in [0.05, 0.1) is 35.1 Å². The SMILES string of the molecule is C[C@@]1(OC(F)(F)F)CN(C(=O)NI)c2ccc(F)cc21. The summed E-state index contributed by atoms with van der Waals surface area (Å²) in [5, 5.41) is 0. The summed E-state index contributed by atoms with van der Waals surface area (Å²) in [6, 6.07) is 2.67. The lowest BCUT2D eigenvalue weighted by molar-refractivity contribution is -0.364. The number of amides is 2. The zero-order valence-corrected chi connectivity index (χ0v) is 12.3. The van der Waals surface area contributed by atoms with Crippen molar-refractivity contribution in [2.45, 2.75) is 18.9 Å². The first kappa shape index (κ1) is 15.3. The number of rotatable bonds is 1. The molecule has 20 heavy (non-hydrogen) atoms. The molecule has 9 heteroatoms. The van der Waals surface area contributed by atoms with E-state index in [2.05, 4.69) is 8.27 Å². The fraction of sp³-hybridized carbons (Fsp3) is 0.364. The Morgan fingerprint density at radius 1 is 1.50 bits per heavy atom. The number of nitrogens with one attached hydrogen (secondary N) is 1. The number of alkyl halides is 3. The van der Waals surface area contributed by atoms with E-state index in [1.54, 1.807) is 22.9 Å². The molecule has 0 bridgehead atoms. The Bertz CT molecular complexity index is 552. The third-order valence-electron chi connectivity index (χ3n) is 2.95. The van der Waals surface area contributed by atoms with Crippen LogP contribution in [-0.4, -0.2) is 18.9 Å². The van der Waals surface area contributed by atoms with Crippen molar-refractivity contribution in [1.29, 1.82) is 0 Å². The lowest BCUT2D eigenvalue weighted by Gasteiger charge is -2.26.